The summed E-state index contributed by atoms with van der Waals surface area (Å²) >= 11 is 0. The second-order valence-electron chi connectivity index (χ2n) is 4.34. The van der Waals surface area contributed by atoms with Gasteiger partial charge >= 0.3 is 12.0 Å². The van der Waals surface area contributed by atoms with E-state index in [2.05, 4.69) is 10.6 Å². The van der Waals surface area contributed by atoms with Gasteiger partial charge in [-0.15, -0.1) is 0 Å². The zero-order valence-electron chi connectivity index (χ0n) is 11.7. The first-order valence-electron chi connectivity index (χ1n) is 6.28. The molecule has 0 heterocycles. The lowest BCUT2D eigenvalue weighted by Gasteiger charge is -2.09. The normalized spacial score (nSPS) is 9.86. The van der Waals surface area contributed by atoms with Crippen LogP contribution in [0, 0.1) is 0 Å². The molecule has 0 aromatic heterocycles. The molecule has 0 atom stereocenters. The van der Waals surface area contributed by atoms with Crippen molar-refractivity contribution >= 4 is 23.4 Å². The number of hydrogen-bond acceptors (Lipinski definition) is 4. The fourth-order valence-electron chi connectivity index (χ4n) is 1.75. The van der Waals surface area contributed by atoms with Gasteiger partial charge in [-0.3, -0.25) is 0 Å². The van der Waals surface area contributed by atoms with Gasteiger partial charge in [0.15, 0.2) is 0 Å². The Bertz CT molecular complexity index is 698. The summed E-state index contributed by atoms with van der Waals surface area (Å²) in [7, 11) is 1.54. The molecule has 2 aromatic carbocycles. The largest absolute Gasteiger partial charge is 0.507 e. The maximum absolute atomic E-state index is 11.8. The molecule has 4 N–H and O–H groups in total. The third kappa shape index (κ3) is 3.66. The number of carboxylic acid groups (broad SMARTS) is 1. The van der Waals surface area contributed by atoms with E-state index in [0.29, 0.717) is 11.4 Å². The number of aromatic hydroxyl groups is 1. The third-order valence-corrected chi connectivity index (χ3v) is 2.83. The summed E-state index contributed by atoms with van der Waals surface area (Å²) < 4.78 is 5.01. The molecule has 0 saturated carbocycles. The average molecular weight is 302 g/mol. The predicted molar refractivity (Wildman–Crippen MR) is 80.7 cm³/mol. The van der Waals surface area contributed by atoms with Crippen molar-refractivity contribution in [3.05, 3.63) is 48.0 Å². The molecule has 0 aliphatic heterocycles. The lowest BCUT2D eigenvalue weighted by atomic mass is 10.2. The Morgan fingerprint density at radius 2 is 1.59 bits per heavy atom. The molecule has 0 saturated heterocycles. The van der Waals surface area contributed by atoms with E-state index in [9.17, 15) is 14.7 Å². The summed E-state index contributed by atoms with van der Waals surface area (Å²) in [6.45, 7) is 0. The number of carbonyl (C=O) groups excluding carboxylic acids is 1. The molecule has 0 aliphatic carbocycles. The third-order valence-electron chi connectivity index (χ3n) is 2.83. The standard InChI is InChI=1S/C15H14N2O5/c1-22-11-5-2-9(3-6-11)16-15(21)17-10-4-7-13(18)12(8-10)14(19)20/h2-8,18H,1H3,(H,19,20)(H2,16,17,21). The Hall–Kier alpha value is -3.22. The summed E-state index contributed by atoms with van der Waals surface area (Å²) in [6, 6.07) is 9.95. The van der Waals surface area contributed by atoms with Gasteiger partial charge in [0, 0.05) is 11.4 Å². The minimum Gasteiger partial charge on any atom is -0.507 e. The lowest BCUT2D eigenvalue weighted by molar-refractivity contribution is 0.0693. The molecule has 0 aliphatic rings. The number of phenols is 1. The van der Waals surface area contributed by atoms with Gasteiger partial charge in [0.25, 0.3) is 0 Å². The first-order valence-corrected chi connectivity index (χ1v) is 6.28. The first kappa shape index (κ1) is 15.2. The summed E-state index contributed by atoms with van der Waals surface area (Å²) in [6.07, 6.45) is 0. The molecular weight excluding hydrogens is 288 g/mol. The van der Waals surface area contributed by atoms with Crippen LogP contribution in [-0.2, 0) is 0 Å². The van der Waals surface area contributed by atoms with Gasteiger partial charge in [0.05, 0.1) is 7.11 Å². The lowest BCUT2D eigenvalue weighted by Crippen LogP contribution is -2.19. The average Bonchev–Trinajstić information content (AvgIpc) is 2.49. The Morgan fingerprint density at radius 3 is 2.18 bits per heavy atom. The highest BCUT2D eigenvalue weighted by molar-refractivity contribution is 6.01. The molecule has 7 heteroatoms. The predicted octanol–water partition coefficient (Wildman–Crippen LogP) is 2.74. The number of methoxy groups -OCH3 is 1. The van der Waals surface area contributed by atoms with Crippen molar-refractivity contribution in [1.29, 1.82) is 0 Å². The fraction of sp³-hybridized carbons (Fsp3) is 0.0667. The number of amides is 2. The van der Waals surface area contributed by atoms with Crippen LogP contribution >= 0.6 is 0 Å². The SMILES string of the molecule is COc1ccc(NC(=O)Nc2ccc(O)c(C(=O)O)c2)cc1. The summed E-state index contributed by atoms with van der Waals surface area (Å²) in [5, 5.41) is 23.4. The van der Waals surface area contributed by atoms with Crippen molar-refractivity contribution in [2.75, 3.05) is 17.7 Å². The molecule has 0 spiro atoms. The summed E-state index contributed by atoms with van der Waals surface area (Å²) in [5.74, 6) is -0.985. The number of rotatable bonds is 4. The second kappa shape index (κ2) is 6.49. The van der Waals surface area contributed by atoms with E-state index in [0.717, 1.165) is 0 Å². The molecule has 2 rings (SSSR count). The van der Waals surface area contributed by atoms with Crippen LogP contribution in [0.1, 0.15) is 10.4 Å². The molecule has 0 radical (unpaired) electrons. The van der Waals surface area contributed by atoms with Crippen LogP contribution in [0.2, 0.25) is 0 Å². The second-order valence-corrected chi connectivity index (χ2v) is 4.34. The van der Waals surface area contributed by atoms with Crippen LogP contribution < -0.4 is 15.4 Å². The molecule has 22 heavy (non-hydrogen) atoms. The van der Waals surface area contributed by atoms with E-state index in [1.165, 1.54) is 18.2 Å². The number of aromatic carboxylic acids is 1. The van der Waals surface area contributed by atoms with Gasteiger partial charge in [-0.2, -0.15) is 0 Å². The number of benzene rings is 2. The number of hydrogen-bond donors (Lipinski definition) is 4. The Kier molecular flexibility index (Phi) is 4.47. The van der Waals surface area contributed by atoms with Crippen LogP contribution in [0.15, 0.2) is 42.5 Å². The molecule has 114 valence electrons. The highest BCUT2D eigenvalue weighted by Crippen LogP contribution is 2.22. The van der Waals surface area contributed by atoms with E-state index in [1.54, 1.807) is 31.4 Å². The van der Waals surface area contributed by atoms with Crippen molar-refractivity contribution in [2.45, 2.75) is 0 Å². The maximum atomic E-state index is 11.8. The zero-order valence-corrected chi connectivity index (χ0v) is 11.7. The monoisotopic (exact) mass is 302 g/mol. The van der Waals surface area contributed by atoms with E-state index in [4.69, 9.17) is 9.84 Å². The van der Waals surface area contributed by atoms with Crippen molar-refractivity contribution in [2.24, 2.45) is 0 Å². The summed E-state index contributed by atoms with van der Waals surface area (Å²) in [4.78, 5) is 22.8. The quantitative estimate of drug-likeness (QED) is 0.649. The molecule has 0 bridgehead atoms. The van der Waals surface area contributed by atoms with Gasteiger partial charge in [0.1, 0.15) is 17.1 Å². The fourth-order valence-corrected chi connectivity index (χ4v) is 1.75. The Morgan fingerprint density at radius 1 is 1.00 bits per heavy atom. The van der Waals surface area contributed by atoms with Crippen molar-refractivity contribution in [3.63, 3.8) is 0 Å². The van der Waals surface area contributed by atoms with Gasteiger partial charge in [-0.25, -0.2) is 9.59 Å². The van der Waals surface area contributed by atoms with Crippen molar-refractivity contribution < 1.29 is 24.5 Å². The van der Waals surface area contributed by atoms with E-state index >= 15 is 0 Å². The minimum absolute atomic E-state index is 0.251. The molecule has 7 nitrogen and oxygen atoms in total. The molecule has 0 unspecified atom stereocenters. The molecule has 2 amide bonds. The first-order chi connectivity index (χ1) is 10.5. The number of ether oxygens (including phenoxy) is 1. The smallest absolute Gasteiger partial charge is 0.339 e. The van der Waals surface area contributed by atoms with E-state index in [1.807, 2.05) is 0 Å². The number of nitrogens with one attached hydrogen (secondary N) is 2. The van der Waals surface area contributed by atoms with Gasteiger partial charge in [-0.1, -0.05) is 0 Å². The Labute approximate surface area is 126 Å². The molecule has 0 fully saturated rings. The van der Waals surface area contributed by atoms with E-state index < -0.39 is 12.0 Å². The van der Waals surface area contributed by atoms with Gasteiger partial charge in [0.2, 0.25) is 0 Å². The van der Waals surface area contributed by atoms with Crippen LogP contribution in [-0.4, -0.2) is 29.3 Å². The molecular formula is C15H14N2O5. The van der Waals surface area contributed by atoms with Crippen molar-refractivity contribution in [1.82, 2.24) is 0 Å². The minimum atomic E-state index is -1.28. The van der Waals surface area contributed by atoms with Crippen molar-refractivity contribution in [3.8, 4) is 11.5 Å². The Balaban J connectivity index is 2.05. The van der Waals surface area contributed by atoms with Gasteiger partial charge in [-0.05, 0) is 42.5 Å². The summed E-state index contributed by atoms with van der Waals surface area (Å²) in [5.41, 5.74) is 0.513. The topological polar surface area (TPSA) is 108 Å². The van der Waals surface area contributed by atoms with Crippen LogP contribution in [0.3, 0.4) is 0 Å². The van der Waals surface area contributed by atoms with E-state index in [-0.39, 0.29) is 17.0 Å². The highest BCUT2D eigenvalue weighted by Gasteiger charge is 2.11. The number of urea groups is 1. The maximum Gasteiger partial charge on any atom is 0.339 e. The number of anilines is 2. The van der Waals surface area contributed by atoms with Crippen LogP contribution in [0.5, 0.6) is 11.5 Å². The van der Waals surface area contributed by atoms with Crippen LogP contribution in [0.25, 0.3) is 0 Å². The zero-order chi connectivity index (χ0) is 16.1. The highest BCUT2D eigenvalue weighted by atomic mass is 16.5. The van der Waals surface area contributed by atoms with Crippen LogP contribution in [0.4, 0.5) is 16.2 Å². The molecule has 2 aromatic rings. The number of carbonyl (C=O) groups is 2. The number of carboxylic acids is 1. The van der Waals surface area contributed by atoms with Gasteiger partial charge < -0.3 is 25.6 Å².